The van der Waals surface area contributed by atoms with Gasteiger partial charge in [-0.05, 0) is 25.5 Å². The first kappa shape index (κ1) is 15.2. The molecule has 0 unspecified atom stereocenters. The third-order valence-electron chi connectivity index (χ3n) is 2.78. The summed E-state index contributed by atoms with van der Waals surface area (Å²) in [7, 11) is 0. The standard InChI is InChI=1S/C14H20N2O3/c1-3-5-11-19-12-10-15(4-2)13-6-8-14(9-7-13)16(17)18/h3,6-9H,1,4-5,10-12H2,2H3. The second kappa shape index (κ2) is 8.26. The highest BCUT2D eigenvalue weighted by Crippen LogP contribution is 2.18. The van der Waals surface area contributed by atoms with Crippen molar-refractivity contribution in [2.24, 2.45) is 0 Å². The Morgan fingerprint density at radius 1 is 1.37 bits per heavy atom. The summed E-state index contributed by atoms with van der Waals surface area (Å²) < 4.78 is 5.47. The first-order valence-electron chi connectivity index (χ1n) is 6.37. The van der Waals surface area contributed by atoms with E-state index in [-0.39, 0.29) is 5.69 Å². The van der Waals surface area contributed by atoms with E-state index in [1.807, 2.05) is 13.0 Å². The van der Waals surface area contributed by atoms with Crippen molar-refractivity contribution in [1.29, 1.82) is 0 Å². The molecule has 0 spiro atoms. The molecular formula is C14H20N2O3. The number of nitrogens with zero attached hydrogens (tertiary/aromatic N) is 2. The Labute approximate surface area is 113 Å². The van der Waals surface area contributed by atoms with E-state index >= 15 is 0 Å². The lowest BCUT2D eigenvalue weighted by Gasteiger charge is -2.22. The Morgan fingerprint density at radius 3 is 2.58 bits per heavy atom. The molecule has 1 aromatic carbocycles. The van der Waals surface area contributed by atoms with Crippen molar-refractivity contribution in [1.82, 2.24) is 0 Å². The molecule has 0 saturated heterocycles. The smallest absolute Gasteiger partial charge is 0.269 e. The van der Waals surface area contributed by atoms with Gasteiger partial charge in [0.1, 0.15) is 0 Å². The van der Waals surface area contributed by atoms with Crippen molar-refractivity contribution < 1.29 is 9.66 Å². The number of rotatable bonds is 9. The van der Waals surface area contributed by atoms with E-state index in [9.17, 15) is 10.1 Å². The van der Waals surface area contributed by atoms with Gasteiger partial charge in [-0.2, -0.15) is 0 Å². The summed E-state index contributed by atoms with van der Waals surface area (Å²) in [5, 5.41) is 10.6. The van der Waals surface area contributed by atoms with Crippen LogP contribution in [0.2, 0.25) is 0 Å². The fraction of sp³-hybridized carbons (Fsp3) is 0.429. The van der Waals surface area contributed by atoms with Crippen molar-refractivity contribution in [3.63, 3.8) is 0 Å². The highest BCUT2D eigenvalue weighted by molar-refractivity contribution is 5.50. The zero-order valence-corrected chi connectivity index (χ0v) is 11.2. The molecule has 0 radical (unpaired) electrons. The van der Waals surface area contributed by atoms with Crippen LogP contribution in [0.4, 0.5) is 11.4 Å². The lowest BCUT2D eigenvalue weighted by Crippen LogP contribution is -2.27. The van der Waals surface area contributed by atoms with Gasteiger partial charge in [0.2, 0.25) is 0 Å². The van der Waals surface area contributed by atoms with E-state index in [1.54, 1.807) is 12.1 Å². The number of anilines is 1. The molecule has 0 aliphatic rings. The summed E-state index contributed by atoms with van der Waals surface area (Å²) in [5.41, 5.74) is 1.09. The fourth-order valence-corrected chi connectivity index (χ4v) is 1.70. The number of nitro groups is 1. The van der Waals surface area contributed by atoms with Crippen LogP contribution in [0.5, 0.6) is 0 Å². The van der Waals surface area contributed by atoms with Gasteiger partial charge in [-0.25, -0.2) is 0 Å². The largest absolute Gasteiger partial charge is 0.379 e. The lowest BCUT2D eigenvalue weighted by atomic mass is 10.2. The Morgan fingerprint density at radius 2 is 2.05 bits per heavy atom. The van der Waals surface area contributed by atoms with E-state index in [2.05, 4.69) is 11.5 Å². The SMILES string of the molecule is C=CCCOCCN(CC)c1ccc([N+](=O)[O-])cc1. The topological polar surface area (TPSA) is 55.6 Å². The molecule has 19 heavy (non-hydrogen) atoms. The van der Waals surface area contributed by atoms with Crippen LogP contribution in [-0.2, 0) is 4.74 Å². The predicted molar refractivity (Wildman–Crippen MR) is 76.6 cm³/mol. The number of hydrogen-bond donors (Lipinski definition) is 0. The molecule has 0 aliphatic heterocycles. The molecule has 5 heteroatoms. The summed E-state index contributed by atoms with van der Waals surface area (Å²) >= 11 is 0. The average molecular weight is 264 g/mol. The molecule has 0 bridgehead atoms. The van der Waals surface area contributed by atoms with Crippen LogP contribution in [-0.4, -0.2) is 31.2 Å². The van der Waals surface area contributed by atoms with Crippen LogP contribution < -0.4 is 4.90 Å². The summed E-state index contributed by atoms with van der Waals surface area (Å²) in [4.78, 5) is 12.3. The monoisotopic (exact) mass is 264 g/mol. The second-order valence-electron chi connectivity index (χ2n) is 4.04. The molecule has 0 saturated carbocycles. The van der Waals surface area contributed by atoms with Gasteiger partial charge < -0.3 is 9.64 Å². The van der Waals surface area contributed by atoms with Crippen LogP contribution >= 0.6 is 0 Å². The minimum Gasteiger partial charge on any atom is -0.379 e. The van der Waals surface area contributed by atoms with Crippen LogP contribution in [0.25, 0.3) is 0 Å². The maximum absolute atomic E-state index is 10.6. The number of nitro benzene ring substituents is 1. The minimum atomic E-state index is -0.390. The molecule has 0 atom stereocenters. The van der Waals surface area contributed by atoms with Gasteiger partial charge in [0.15, 0.2) is 0 Å². The van der Waals surface area contributed by atoms with Gasteiger partial charge in [-0.3, -0.25) is 10.1 Å². The molecule has 0 aromatic heterocycles. The van der Waals surface area contributed by atoms with E-state index in [4.69, 9.17) is 4.74 Å². The number of likely N-dealkylation sites (N-methyl/N-ethyl adjacent to an activating group) is 1. The molecule has 0 amide bonds. The Balaban J connectivity index is 2.49. The minimum absolute atomic E-state index is 0.113. The van der Waals surface area contributed by atoms with Crippen molar-refractivity contribution in [3.8, 4) is 0 Å². The molecule has 104 valence electrons. The normalized spacial score (nSPS) is 10.2. The van der Waals surface area contributed by atoms with E-state index in [0.29, 0.717) is 13.2 Å². The van der Waals surface area contributed by atoms with E-state index in [1.165, 1.54) is 12.1 Å². The average Bonchev–Trinajstić information content (AvgIpc) is 2.43. The maximum Gasteiger partial charge on any atom is 0.269 e. The molecule has 0 heterocycles. The molecule has 0 aliphatic carbocycles. The van der Waals surface area contributed by atoms with Gasteiger partial charge in [0, 0.05) is 30.9 Å². The summed E-state index contributed by atoms with van der Waals surface area (Å²) in [5.74, 6) is 0. The van der Waals surface area contributed by atoms with Crippen LogP contribution in [0.3, 0.4) is 0 Å². The van der Waals surface area contributed by atoms with Gasteiger partial charge in [0.25, 0.3) is 5.69 Å². The maximum atomic E-state index is 10.6. The van der Waals surface area contributed by atoms with Gasteiger partial charge in [0.05, 0.1) is 18.1 Å². The third-order valence-corrected chi connectivity index (χ3v) is 2.78. The number of ether oxygens (including phenoxy) is 1. The number of hydrogen-bond acceptors (Lipinski definition) is 4. The first-order valence-corrected chi connectivity index (χ1v) is 6.37. The lowest BCUT2D eigenvalue weighted by molar-refractivity contribution is -0.384. The van der Waals surface area contributed by atoms with Gasteiger partial charge in [-0.1, -0.05) is 6.08 Å². The van der Waals surface area contributed by atoms with Crippen molar-refractivity contribution in [2.75, 3.05) is 31.2 Å². The molecule has 1 aromatic rings. The van der Waals surface area contributed by atoms with E-state index in [0.717, 1.165) is 25.2 Å². The van der Waals surface area contributed by atoms with Crippen LogP contribution in [0.15, 0.2) is 36.9 Å². The van der Waals surface area contributed by atoms with Gasteiger partial charge >= 0.3 is 0 Å². The van der Waals surface area contributed by atoms with Crippen LogP contribution in [0, 0.1) is 10.1 Å². The van der Waals surface area contributed by atoms with E-state index < -0.39 is 4.92 Å². The molecule has 5 nitrogen and oxygen atoms in total. The molecular weight excluding hydrogens is 244 g/mol. The molecule has 0 fully saturated rings. The second-order valence-corrected chi connectivity index (χ2v) is 4.04. The Bertz CT molecular complexity index is 404. The van der Waals surface area contributed by atoms with Gasteiger partial charge in [-0.15, -0.1) is 6.58 Å². The van der Waals surface area contributed by atoms with Crippen molar-refractivity contribution in [2.45, 2.75) is 13.3 Å². The molecule has 0 N–H and O–H groups in total. The predicted octanol–water partition coefficient (Wildman–Crippen LogP) is 3.01. The zero-order valence-electron chi connectivity index (χ0n) is 11.2. The fourth-order valence-electron chi connectivity index (χ4n) is 1.70. The summed E-state index contributed by atoms with van der Waals surface area (Å²) in [6, 6.07) is 6.59. The zero-order chi connectivity index (χ0) is 14.1. The summed E-state index contributed by atoms with van der Waals surface area (Å²) in [6.45, 7) is 8.61. The molecule has 1 rings (SSSR count). The Hall–Kier alpha value is -1.88. The third kappa shape index (κ3) is 5.09. The van der Waals surface area contributed by atoms with Crippen LogP contribution in [0.1, 0.15) is 13.3 Å². The number of non-ortho nitro benzene ring substituents is 1. The highest BCUT2D eigenvalue weighted by atomic mass is 16.6. The quantitative estimate of drug-likeness (QED) is 0.298. The van der Waals surface area contributed by atoms with Crippen molar-refractivity contribution in [3.05, 3.63) is 47.0 Å². The summed E-state index contributed by atoms with van der Waals surface area (Å²) in [6.07, 6.45) is 2.68. The van der Waals surface area contributed by atoms with Crippen molar-refractivity contribution >= 4 is 11.4 Å². The Kier molecular flexibility index (Phi) is 6.60. The number of benzene rings is 1. The highest BCUT2D eigenvalue weighted by Gasteiger charge is 2.08. The first-order chi connectivity index (χ1) is 9.19.